The minimum absolute atomic E-state index is 0.0337. The molecule has 0 spiro atoms. The van der Waals surface area contributed by atoms with E-state index in [0.29, 0.717) is 23.4 Å². The molecule has 0 radical (unpaired) electrons. The highest BCUT2D eigenvalue weighted by Gasteiger charge is 2.43. The summed E-state index contributed by atoms with van der Waals surface area (Å²) in [4.78, 5) is 26.5. The standard InChI is InChI=1S/C17H26N6O3/c1-22(2)5-3-4-14(25)26-8-12-11(7-24)6-13(12)23-10-21-15-16(18)19-9-20-17(15)23/h9-13,24H,3-8H2,1-2H3,(H2,18,19,20). The predicted octanol–water partition coefficient (Wildman–Crippen LogP) is 0.463. The van der Waals surface area contributed by atoms with Gasteiger partial charge in [0.05, 0.1) is 12.9 Å². The van der Waals surface area contributed by atoms with Gasteiger partial charge in [-0.2, -0.15) is 0 Å². The molecular weight excluding hydrogens is 336 g/mol. The molecule has 3 rings (SSSR count). The molecule has 3 N–H and O–H groups in total. The monoisotopic (exact) mass is 362 g/mol. The van der Waals surface area contributed by atoms with Gasteiger partial charge in [-0.25, -0.2) is 15.0 Å². The maximum atomic E-state index is 12.0. The topological polar surface area (TPSA) is 119 Å². The van der Waals surface area contributed by atoms with Gasteiger partial charge in [0.15, 0.2) is 11.5 Å². The van der Waals surface area contributed by atoms with Crippen molar-refractivity contribution in [2.24, 2.45) is 11.8 Å². The van der Waals surface area contributed by atoms with E-state index >= 15 is 0 Å². The molecule has 3 atom stereocenters. The molecule has 0 aliphatic heterocycles. The lowest BCUT2D eigenvalue weighted by Gasteiger charge is -2.44. The van der Waals surface area contributed by atoms with Crippen molar-refractivity contribution < 1.29 is 14.6 Å². The SMILES string of the molecule is CN(C)CCCC(=O)OCC1C(CO)CC1n1cnc2c(N)ncnc21. The number of anilines is 1. The summed E-state index contributed by atoms with van der Waals surface area (Å²) >= 11 is 0. The fourth-order valence-electron chi connectivity index (χ4n) is 3.47. The highest BCUT2D eigenvalue weighted by atomic mass is 16.5. The maximum Gasteiger partial charge on any atom is 0.305 e. The molecule has 9 heteroatoms. The highest BCUT2D eigenvalue weighted by molar-refractivity contribution is 5.81. The van der Waals surface area contributed by atoms with Crippen LogP contribution in [0.15, 0.2) is 12.7 Å². The molecular formula is C17H26N6O3. The van der Waals surface area contributed by atoms with E-state index in [4.69, 9.17) is 10.5 Å². The zero-order valence-corrected chi connectivity index (χ0v) is 15.2. The van der Waals surface area contributed by atoms with E-state index in [0.717, 1.165) is 19.4 Å². The molecule has 142 valence electrons. The van der Waals surface area contributed by atoms with Gasteiger partial charge in [0.25, 0.3) is 0 Å². The molecule has 0 aromatic carbocycles. The van der Waals surface area contributed by atoms with Crippen LogP contribution in [0.5, 0.6) is 0 Å². The summed E-state index contributed by atoms with van der Waals surface area (Å²) in [6.45, 7) is 1.21. The first-order valence-corrected chi connectivity index (χ1v) is 8.85. The minimum atomic E-state index is -0.198. The normalized spacial score (nSPS) is 22.5. The van der Waals surface area contributed by atoms with E-state index in [9.17, 15) is 9.90 Å². The van der Waals surface area contributed by atoms with Crippen LogP contribution in [0.25, 0.3) is 11.2 Å². The average molecular weight is 362 g/mol. The van der Waals surface area contributed by atoms with Gasteiger partial charge in [0.1, 0.15) is 11.8 Å². The highest BCUT2D eigenvalue weighted by Crippen LogP contribution is 2.45. The number of ether oxygens (including phenoxy) is 1. The van der Waals surface area contributed by atoms with Gasteiger partial charge in [-0.3, -0.25) is 4.79 Å². The van der Waals surface area contributed by atoms with Crippen LogP contribution < -0.4 is 5.73 Å². The number of aromatic nitrogens is 4. The lowest BCUT2D eigenvalue weighted by Crippen LogP contribution is -2.43. The summed E-state index contributed by atoms with van der Waals surface area (Å²) in [5.41, 5.74) is 7.08. The predicted molar refractivity (Wildman–Crippen MR) is 96.2 cm³/mol. The van der Waals surface area contributed by atoms with Gasteiger partial charge in [-0.15, -0.1) is 0 Å². The number of esters is 1. The van der Waals surface area contributed by atoms with Gasteiger partial charge in [0.2, 0.25) is 0 Å². The van der Waals surface area contributed by atoms with Crippen molar-refractivity contribution in [1.29, 1.82) is 0 Å². The second-order valence-corrected chi connectivity index (χ2v) is 7.08. The molecule has 26 heavy (non-hydrogen) atoms. The lowest BCUT2D eigenvalue weighted by molar-refractivity contribution is -0.149. The first-order valence-electron chi connectivity index (χ1n) is 8.85. The Balaban J connectivity index is 1.63. The number of carbonyl (C=O) groups is 1. The van der Waals surface area contributed by atoms with Crippen molar-refractivity contribution in [2.75, 3.05) is 39.6 Å². The van der Waals surface area contributed by atoms with Gasteiger partial charge < -0.3 is 25.0 Å². The van der Waals surface area contributed by atoms with Crippen LogP contribution >= 0.6 is 0 Å². The van der Waals surface area contributed by atoms with Crippen LogP contribution in [-0.2, 0) is 9.53 Å². The number of fused-ring (bicyclic) bond motifs is 1. The van der Waals surface area contributed by atoms with Gasteiger partial charge in [-0.1, -0.05) is 0 Å². The first-order chi connectivity index (χ1) is 12.5. The van der Waals surface area contributed by atoms with Crippen molar-refractivity contribution >= 4 is 23.0 Å². The Hall–Kier alpha value is -2.26. The fraction of sp³-hybridized carbons (Fsp3) is 0.647. The Labute approximate surface area is 152 Å². The largest absolute Gasteiger partial charge is 0.465 e. The zero-order chi connectivity index (χ0) is 18.7. The summed E-state index contributed by atoms with van der Waals surface area (Å²) < 4.78 is 7.41. The van der Waals surface area contributed by atoms with E-state index in [1.165, 1.54) is 6.33 Å². The zero-order valence-electron chi connectivity index (χ0n) is 15.2. The Morgan fingerprint density at radius 1 is 1.42 bits per heavy atom. The molecule has 1 aliphatic carbocycles. The molecule has 0 bridgehead atoms. The van der Waals surface area contributed by atoms with E-state index in [1.807, 2.05) is 23.6 Å². The summed E-state index contributed by atoms with van der Waals surface area (Å²) in [6, 6.07) is 0.0704. The van der Waals surface area contributed by atoms with E-state index in [-0.39, 0.29) is 37.1 Å². The summed E-state index contributed by atoms with van der Waals surface area (Å²) in [6.07, 6.45) is 5.06. The number of nitrogens with two attached hydrogens (primary N) is 1. The molecule has 2 heterocycles. The number of nitrogens with zero attached hydrogens (tertiary/aromatic N) is 5. The molecule has 9 nitrogen and oxygen atoms in total. The second kappa shape index (κ2) is 7.96. The van der Waals surface area contributed by atoms with Crippen LogP contribution in [0.1, 0.15) is 25.3 Å². The van der Waals surface area contributed by atoms with E-state index in [1.54, 1.807) is 6.33 Å². The van der Waals surface area contributed by atoms with Crippen molar-refractivity contribution in [3.8, 4) is 0 Å². The third-order valence-corrected chi connectivity index (χ3v) is 5.05. The van der Waals surface area contributed by atoms with Gasteiger partial charge in [0, 0.05) is 25.0 Å². The Morgan fingerprint density at radius 2 is 2.23 bits per heavy atom. The Morgan fingerprint density at radius 3 is 2.96 bits per heavy atom. The smallest absolute Gasteiger partial charge is 0.305 e. The summed E-state index contributed by atoms with van der Waals surface area (Å²) in [5, 5.41) is 9.58. The van der Waals surface area contributed by atoms with Gasteiger partial charge >= 0.3 is 5.97 Å². The number of rotatable bonds is 8. The number of hydrogen-bond acceptors (Lipinski definition) is 8. The summed E-state index contributed by atoms with van der Waals surface area (Å²) in [5.74, 6) is 0.282. The van der Waals surface area contributed by atoms with E-state index < -0.39 is 0 Å². The molecule has 2 aromatic rings. The number of aliphatic hydroxyl groups excluding tert-OH is 1. The van der Waals surface area contributed by atoms with Crippen molar-refractivity contribution in [1.82, 2.24) is 24.4 Å². The average Bonchev–Trinajstić information content (AvgIpc) is 2.99. The number of imidazole rings is 1. The molecule has 1 fully saturated rings. The molecule has 1 aliphatic rings. The maximum absolute atomic E-state index is 12.0. The molecule has 3 unspecified atom stereocenters. The van der Waals surface area contributed by atoms with E-state index in [2.05, 4.69) is 15.0 Å². The number of aliphatic hydroxyl groups is 1. The number of hydrogen-bond donors (Lipinski definition) is 2. The van der Waals surface area contributed by atoms with Crippen LogP contribution in [0.4, 0.5) is 5.82 Å². The van der Waals surface area contributed by atoms with Crippen LogP contribution in [0, 0.1) is 11.8 Å². The molecule has 0 amide bonds. The third kappa shape index (κ3) is 3.78. The Kier molecular flexibility index (Phi) is 5.67. The van der Waals surface area contributed by atoms with Crippen LogP contribution in [0.3, 0.4) is 0 Å². The number of carbonyl (C=O) groups excluding carboxylic acids is 1. The van der Waals surface area contributed by atoms with Crippen molar-refractivity contribution in [3.05, 3.63) is 12.7 Å². The fourth-order valence-corrected chi connectivity index (χ4v) is 3.47. The quantitative estimate of drug-likeness (QED) is 0.650. The van der Waals surface area contributed by atoms with Gasteiger partial charge in [-0.05, 0) is 39.4 Å². The van der Waals surface area contributed by atoms with Crippen molar-refractivity contribution in [3.63, 3.8) is 0 Å². The molecule has 1 saturated carbocycles. The van der Waals surface area contributed by atoms with Crippen LogP contribution in [-0.4, -0.2) is 69.3 Å². The molecule has 0 saturated heterocycles. The van der Waals surface area contributed by atoms with Crippen LogP contribution in [0.2, 0.25) is 0 Å². The summed E-state index contributed by atoms with van der Waals surface area (Å²) in [7, 11) is 3.95. The third-order valence-electron chi connectivity index (χ3n) is 5.05. The first kappa shape index (κ1) is 18.5. The lowest BCUT2D eigenvalue weighted by atomic mass is 9.70. The minimum Gasteiger partial charge on any atom is -0.465 e. The van der Waals surface area contributed by atoms with Crippen molar-refractivity contribution in [2.45, 2.75) is 25.3 Å². The molecule has 2 aromatic heterocycles. The number of nitrogen functional groups attached to an aromatic ring is 1. The second-order valence-electron chi connectivity index (χ2n) is 7.08. The Bertz CT molecular complexity index is 762.